The van der Waals surface area contributed by atoms with Gasteiger partial charge >= 0.3 is 0 Å². The van der Waals surface area contributed by atoms with Crippen molar-refractivity contribution in [3.8, 4) is 55.6 Å². The van der Waals surface area contributed by atoms with Crippen LogP contribution >= 0.6 is 0 Å². The Morgan fingerprint density at radius 1 is 0.258 bits per heavy atom. The second kappa shape index (κ2) is 15.9. The van der Waals surface area contributed by atoms with Gasteiger partial charge in [-0.15, -0.1) is 0 Å². The Labute approximate surface area is 364 Å². The molecular weight excluding hydrogens is 747 g/mol. The third-order valence-electron chi connectivity index (χ3n) is 12.6. The maximum absolute atomic E-state index is 2.49. The van der Waals surface area contributed by atoms with E-state index in [-0.39, 0.29) is 0 Å². The summed E-state index contributed by atoms with van der Waals surface area (Å²) in [5, 5.41) is 0. The maximum atomic E-state index is 2.49. The number of hydrogen-bond donors (Lipinski definition) is 0. The summed E-state index contributed by atoms with van der Waals surface area (Å²) < 4.78 is 0. The van der Waals surface area contributed by atoms with E-state index in [0.717, 1.165) is 17.1 Å². The van der Waals surface area contributed by atoms with Crippen molar-refractivity contribution in [3.05, 3.63) is 283 Å². The number of fused-ring (bicyclic) bond motifs is 3. The summed E-state index contributed by atoms with van der Waals surface area (Å²) in [6.07, 6.45) is 0. The average molecular weight is 790 g/mol. The van der Waals surface area contributed by atoms with Gasteiger partial charge in [0.2, 0.25) is 0 Å². The van der Waals surface area contributed by atoms with Gasteiger partial charge in [0, 0.05) is 16.9 Å². The highest BCUT2D eigenvalue weighted by Crippen LogP contribution is 2.58. The molecule has 0 unspecified atom stereocenters. The predicted octanol–water partition coefficient (Wildman–Crippen LogP) is 16.2. The normalized spacial score (nSPS) is 12.3. The summed E-state index contributed by atoms with van der Waals surface area (Å²) in [6.45, 7) is 0. The lowest BCUT2D eigenvalue weighted by Crippen LogP contribution is -2.28. The van der Waals surface area contributed by atoms with Crippen molar-refractivity contribution < 1.29 is 0 Å². The van der Waals surface area contributed by atoms with Crippen LogP contribution in [0.5, 0.6) is 0 Å². The minimum Gasteiger partial charge on any atom is -0.310 e. The molecule has 10 aromatic carbocycles. The van der Waals surface area contributed by atoms with Crippen LogP contribution in [-0.2, 0) is 5.41 Å². The van der Waals surface area contributed by atoms with Gasteiger partial charge in [-0.2, -0.15) is 0 Å². The highest BCUT2D eigenvalue weighted by Gasteiger charge is 2.46. The molecule has 1 heteroatoms. The van der Waals surface area contributed by atoms with Crippen molar-refractivity contribution in [2.45, 2.75) is 5.41 Å². The quantitative estimate of drug-likeness (QED) is 0.141. The van der Waals surface area contributed by atoms with E-state index in [1.807, 2.05) is 0 Å². The summed E-state index contributed by atoms with van der Waals surface area (Å²) >= 11 is 0. The zero-order valence-electron chi connectivity index (χ0n) is 34.3. The van der Waals surface area contributed by atoms with Gasteiger partial charge in [-0.1, -0.05) is 231 Å². The minimum atomic E-state index is -0.540. The topological polar surface area (TPSA) is 3.24 Å². The van der Waals surface area contributed by atoms with E-state index in [0.29, 0.717) is 0 Å². The monoisotopic (exact) mass is 789 g/mol. The molecule has 0 aliphatic heterocycles. The SMILES string of the molecule is c1ccc(-c2ccc(N(c3ccc4c(c3)C(c3ccccc3)(c3ccccc3)c3ccccc3-4)c3cccc(-c4ccccc4)c3-c3ccccc3-c3ccccc3)cc2)cc1. The fourth-order valence-electron chi connectivity index (χ4n) is 9.87. The van der Waals surface area contributed by atoms with Gasteiger partial charge in [0.25, 0.3) is 0 Å². The third-order valence-corrected chi connectivity index (χ3v) is 12.6. The first-order chi connectivity index (χ1) is 30.8. The van der Waals surface area contributed by atoms with E-state index in [9.17, 15) is 0 Å². The van der Waals surface area contributed by atoms with E-state index < -0.39 is 5.41 Å². The van der Waals surface area contributed by atoms with E-state index >= 15 is 0 Å². The van der Waals surface area contributed by atoms with Gasteiger partial charge in [0.1, 0.15) is 0 Å². The molecule has 62 heavy (non-hydrogen) atoms. The van der Waals surface area contributed by atoms with Crippen molar-refractivity contribution in [2.24, 2.45) is 0 Å². The van der Waals surface area contributed by atoms with Crippen LogP contribution in [0, 0.1) is 0 Å². The zero-order chi connectivity index (χ0) is 41.3. The Balaban J connectivity index is 1.22. The fourth-order valence-corrected chi connectivity index (χ4v) is 9.87. The van der Waals surface area contributed by atoms with Crippen LogP contribution in [0.15, 0.2) is 261 Å². The standard InChI is InChI=1S/C61H43N/c1-6-21-44(22-7-1)45-37-39-50(40-38-45)62(59-36-20-34-53(47-25-10-3-11-26-47)60(59)56-33-17-16-31-52(56)46-23-8-2-9-24-46)51-41-42-55-54-32-18-19-35-57(54)61(58(55)43-51,48-27-12-4-13-28-48)49-29-14-5-15-30-49/h1-43H. The molecule has 1 aliphatic rings. The Morgan fingerprint density at radius 2 is 0.694 bits per heavy atom. The van der Waals surface area contributed by atoms with Gasteiger partial charge in [-0.3, -0.25) is 0 Å². The molecule has 0 radical (unpaired) electrons. The second-order valence-corrected chi connectivity index (χ2v) is 16.0. The second-order valence-electron chi connectivity index (χ2n) is 16.0. The lowest BCUT2D eigenvalue weighted by atomic mass is 9.67. The molecule has 0 atom stereocenters. The van der Waals surface area contributed by atoms with Gasteiger partial charge in [0.15, 0.2) is 0 Å². The summed E-state index contributed by atoms with van der Waals surface area (Å²) in [6, 6.07) is 95.4. The largest absolute Gasteiger partial charge is 0.310 e. The Morgan fingerprint density at radius 3 is 1.31 bits per heavy atom. The highest BCUT2D eigenvalue weighted by atomic mass is 15.1. The molecule has 11 rings (SSSR count). The molecule has 0 bridgehead atoms. The van der Waals surface area contributed by atoms with Crippen LogP contribution in [-0.4, -0.2) is 0 Å². The molecule has 0 aromatic heterocycles. The number of rotatable bonds is 9. The van der Waals surface area contributed by atoms with Crippen LogP contribution < -0.4 is 4.90 Å². The molecule has 0 amide bonds. The van der Waals surface area contributed by atoms with Crippen LogP contribution in [0.3, 0.4) is 0 Å². The molecule has 292 valence electrons. The first-order valence-corrected chi connectivity index (χ1v) is 21.4. The summed E-state index contributed by atoms with van der Waals surface area (Å²) in [4.78, 5) is 2.49. The Bertz CT molecular complexity index is 3100. The van der Waals surface area contributed by atoms with E-state index in [1.165, 1.54) is 77.9 Å². The van der Waals surface area contributed by atoms with Gasteiger partial charge in [-0.25, -0.2) is 0 Å². The Hall–Kier alpha value is -8.00. The smallest absolute Gasteiger partial charge is 0.0714 e. The van der Waals surface area contributed by atoms with E-state index in [4.69, 9.17) is 0 Å². The fraction of sp³-hybridized carbons (Fsp3) is 0.0164. The van der Waals surface area contributed by atoms with Crippen molar-refractivity contribution in [3.63, 3.8) is 0 Å². The molecule has 1 aliphatic carbocycles. The number of benzene rings is 10. The third kappa shape index (κ3) is 6.26. The Kier molecular flexibility index (Phi) is 9.48. The molecular formula is C61H43N. The molecule has 0 heterocycles. The lowest BCUT2D eigenvalue weighted by Gasteiger charge is -2.35. The highest BCUT2D eigenvalue weighted by molar-refractivity contribution is 6.01. The van der Waals surface area contributed by atoms with Crippen LogP contribution in [0.25, 0.3) is 55.6 Å². The zero-order valence-corrected chi connectivity index (χ0v) is 34.3. The van der Waals surface area contributed by atoms with Crippen LogP contribution in [0.1, 0.15) is 22.3 Å². The number of anilines is 3. The lowest BCUT2D eigenvalue weighted by molar-refractivity contribution is 0.768. The molecule has 0 fully saturated rings. The number of hydrogen-bond acceptors (Lipinski definition) is 1. The van der Waals surface area contributed by atoms with Crippen molar-refractivity contribution in [2.75, 3.05) is 4.90 Å². The average Bonchev–Trinajstić information content (AvgIpc) is 3.66. The first kappa shape index (κ1) is 37.0. The molecule has 0 saturated carbocycles. The van der Waals surface area contributed by atoms with Gasteiger partial charge < -0.3 is 4.90 Å². The van der Waals surface area contributed by atoms with E-state index in [2.05, 4.69) is 266 Å². The van der Waals surface area contributed by atoms with Crippen molar-refractivity contribution in [1.82, 2.24) is 0 Å². The first-order valence-electron chi connectivity index (χ1n) is 21.4. The molecule has 10 aromatic rings. The van der Waals surface area contributed by atoms with Crippen molar-refractivity contribution >= 4 is 17.1 Å². The van der Waals surface area contributed by atoms with Crippen LogP contribution in [0.4, 0.5) is 17.1 Å². The van der Waals surface area contributed by atoms with E-state index in [1.54, 1.807) is 0 Å². The predicted molar refractivity (Wildman–Crippen MR) is 260 cm³/mol. The summed E-state index contributed by atoms with van der Waals surface area (Å²) in [7, 11) is 0. The number of nitrogens with zero attached hydrogens (tertiary/aromatic N) is 1. The molecule has 0 spiro atoms. The minimum absolute atomic E-state index is 0.540. The summed E-state index contributed by atoms with van der Waals surface area (Å²) in [5.74, 6) is 0. The molecule has 0 N–H and O–H groups in total. The van der Waals surface area contributed by atoms with Gasteiger partial charge in [0.05, 0.1) is 11.1 Å². The molecule has 1 nitrogen and oxygen atoms in total. The maximum Gasteiger partial charge on any atom is 0.0714 e. The molecule has 0 saturated heterocycles. The van der Waals surface area contributed by atoms with Crippen LogP contribution in [0.2, 0.25) is 0 Å². The van der Waals surface area contributed by atoms with Crippen molar-refractivity contribution in [1.29, 1.82) is 0 Å². The van der Waals surface area contributed by atoms with Gasteiger partial charge in [-0.05, 0) is 103 Å². The summed E-state index contributed by atoms with van der Waals surface area (Å²) in [5.41, 5.74) is 19.7.